The lowest BCUT2D eigenvalue weighted by molar-refractivity contribution is -0.137. The minimum Gasteiger partial charge on any atom is -0.344 e. The van der Waals surface area contributed by atoms with Crippen LogP contribution in [0.4, 0.5) is 0 Å². The first-order chi connectivity index (χ1) is 12.5. The van der Waals surface area contributed by atoms with Gasteiger partial charge < -0.3 is 9.80 Å². The number of fused-ring (bicyclic) bond motifs is 1. The third-order valence-corrected chi connectivity index (χ3v) is 6.79. The molecule has 0 saturated carbocycles. The van der Waals surface area contributed by atoms with Crippen molar-refractivity contribution in [3.63, 3.8) is 0 Å². The smallest absolute Gasteiger partial charge is 0.263 e. The van der Waals surface area contributed by atoms with E-state index in [-0.39, 0.29) is 11.8 Å². The van der Waals surface area contributed by atoms with Crippen LogP contribution in [0.15, 0.2) is 6.07 Å². The SMILES string of the molecule is CCCCN1CCN(C(=O)C2CCc3sc(C(=O)N(C)C)cc3C2)CC1. The van der Waals surface area contributed by atoms with Gasteiger partial charge >= 0.3 is 0 Å². The first kappa shape index (κ1) is 19.4. The van der Waals surface area contributed by atoms with Gasteiger partial charge in [-0.15, -0.1) is 11.3 Å². The summed E-state index contributed by atoms with van der Waals surface area (Å²) in [4.78, 5) is 33.4. The van der Waals surface area contributed by atoms with Gasteiger partial charge in [0.15, 0.2) is 0 Å². The van der Waals surface area contributed by atoms with Gasteiger partial charge in [0.2, 0.25) is 5.91 Å². The molecule has 0 spiro atoms. The zero-order valence-electron chi connectivity index (χ0n) is 16.3. The Labute approximate surface area is 161 Å². The average molecular weight is 378 g/mol. The van der Waals surface area contributed by atoms with Gasteiger partial charge in [0.05, 0.1) is 4.88 Å². The third kappa shape index (κ3) is 4.29. The van der Waals surface area contributed by atoms with Crippen molar-refractivity contribution in [2.45, 2.75) is 39.0 Å². The van der Waals surface area contributed by atoms with Crippen molar-refractivity contribution in [1.29, 1.82) is 0 Å². The van der Waals surface area contributed by atoms with Crippen LogP contribution in [0.1, 0.15) is 46.3 Å². The summed E-state index contributed by atoms with van der Waals surface area (Å²) in [5.74, 6) is 0.467. The fraction of sp³-hybridized carbons (Fsp3) is 0.700. The summed E-state index contributed by atoms with van der Waals surface area (Å²) in [6.45, 7) is 7.11. The number of hydrogen-bond donors (Lipinski definition) is 0. The molecule has 144 valence electrons. The van der Waals surface area contributed by atoms with Crippen LogP contribution in [0.2, 0.25) is 0 Å². The molecule has 0 N–H and O–H groups in total. The van der Waals surface area contributed by atoms with Crippen LogP contribution in [0.5, 0.6) is 0 Å². The van der Waals surface area contributed by atoms with E-state index in [2.05, 4.69) is 16.7 Å². The van der Waals surface area contributed by atoms with Gasteiger partial charge in [-0.2, -0.15) is 0 Å². The fourth-order valence-corrected chi connectivity index (χ4v) is 5.12. The number of amides is 2. The summed E-state index contributed by atoms with van der Waals surface area (Å²) < 4.78 is 0. The largest absolute Gasteiger partial charge is 0.344 e. The Kier molecular flexibility index (Phi) is 6.35. The Morgan fingerprint density at radius 2 is 1.96 bits per heavy atom. The lowest BCUT2D eigenvalue weighted by Crippen LogP contribution is -2.51. The third-order valence-electron chi connectivity index (χ3n) is 5.56. The average Bonchev–Trinajstić information content (AvgIpc) is 3.08. The molecule has 1 unspecified atom stereocenters. The summed E-state index contributed by atoms with van der Waals surface area (Å²) >= 11 is 1.61. The van der Waals surface area contributed by atoms with E-state index in [0.717, 1.165) is 56.9 Å². The van der Waals surface area contributed by atoms with Crippen molar-refractivity contribution in [2.75, 3.05) is 46.8 Å². The predicted octanol–water partition coefficient (Wildman–Crippen LogP) is 2.50. The van der Waals surface area contributed by atoms with Crippen LogP contribution in [-0.4, -0.2) is 73.3 Å². The number of rotatable bonds is 5. The van der Waals surface area contributed by atoms with Gasteiger partial charge in [0, 0.05) is 51.1 Å². The monoisotopic (exact) mass is 377 g/mol. The molecule has 26 heavy (non-hydrogen) atoms. The zero-order valence-corrected chi connectivity index (χ0v) is 17.1. The fourth-order valence-electron chi connectivity index (χ4n) is 3.89. The van der Waals surface area contributed by atoms with Crippen molar-refractivity contribution >= 4 is 23.2 Å². The van der Waals surface area contributed by atoms with E-state index in [1.807, 2.05) is 6.07 Å². The number of thiophene rings is 1. The van der Waals surface area contributed by atoms with Crippen LogP contribution < -0.4 is 0 Å². The highest BCUT2D eigenvalue weighted by Crippen LogP contribution is 2.33. The van der Waals surface area contributed by atoms with E-state index in [4.69, 9.17) is 0 Å². The number of unbranched alkanes of at least 4 members (excludes halogenated alkanes) is 1. The Balaban J connectivity index is 1.57. The lowest BCUT2D eigenvalue weighted by Gasteiger charge is -2.37. The molecule has 0 bridgehead atoms. The van der Waals surface area contributed by atoms with Crippen molar-refractivity contribution in [1.82, 2.24) is 14.7 Å². The second kappa shape index (κ2) is 8.53. The van der Waals surface area contributed by atoms with E-state index in [9.17, 15) is 9.59 Å². The molecule has 1 aliphatic carbocycles. The molecule has 1 atom stereocenters. The van der Waals surface area contributed by atoms with E-state index in [0.29, 0.717) is 5.91 Å². The van der Waals surface area contributed by atoms with Crippen LogP contribution in [0.25, 0.3) is 0 Å². The molecule has 5 nitrogen and oxygen atoms in total. The Bertz CT molecular complexity index is 647. The molecule has 6 heteroatoms. The van der Waals surface area contributed by atoms with E-state index >= 15 is 0 Å². The normalized spacial score (nSPS) is 20.7. The first-order valence-corrected chi connectivity index (χ1v) is 10.7. The van der Waals surface area contributed by atoms with Crippen LogP contribution in [0.3, 0.4) is 0 Å². The molecular formula is C20H31N3O2S. The van der Waals surface area contributed by atoms with Gasteiger partial charge in [0.25, 0.3) is 5.91 Å². The van der Waals surface area contributed by atoms with Crippen LogP contribution >= 0.6 is 11.3 Å². The number of piperazine rings is 1. The van der Waals surface area contributed by atoms with Crippen LogP contribution in [-0.2, 0) is 17.6 Å². The zero-order chi connectivity index (χ0) is 18.7. The number of carbonyl (C=O) groups is 2. The maximum absolute atomic E-state index is 13.0. The molecule has 1 aromatic rings. The van der Waals surface area contributed by atoms with Gasteiger partial charge in [0.1, 0.15) is 0 Å². The predicted molar refractivity (Wildman–Crippen MR) is 106 cm³/mol. The van der Waals surface area contributed by atoms with Gasteiger partial charge in [-0.05, 0) is 43.9 Å². The summed E-state index contributed by atoms with van der Waals surface area (Å²) in [5, 5.41) is 0. The number of carbonyl (C=O) groups excluding carboxylic acids is 2. The topological polar surface area (TPSA) is 43.9 Å². The molecule has 1 aliphatic heterocycles. The molecule has 3 rings (SSSR count). The van der Waals surface area contributed by atoms with Gasteiger partial charge in [-0.1, -0.05) is 13.3 Å². The number of nitrogens with zero attached hydrogens (tertiary/aromatic N) is 3. The Morgan fingerprint density at radius 3 is 2.62 bits per heavy atom. The van der Waals surface area contributed by atoms with E-state index in [1.165, 1.54) is 23.3 Å². The second-order valence-electron chi connectivity index (χ2n) is 7.72. The molecule has 1 aromatic heterocycles. The highest BCUT2D eigenvalue weighted by molar-refractivity contribution is 7.14. The highest BCUT2D eigenvalue weighted by atomic mass is 32.1. The second-order valence-corrected chi connectivity index (χ2v) is 8.86. The molecule has 0 radical (unpaired) electrons. The molecular weight excluding hydrogens is 346 g/mol. The molecule has 2 heterocycles. The first-order valence-electron chi connectivity index (χ1n) is 9.84. The maximum Gasteiger partial charge on any atom is 0.263 e. The van der Waals surface area contributed by atoms with Gasteiger partial charge in [-0.3, -0.25) is 14.5 Å². The van der Waals surface area contributed by atoms with Crippen molar-refractivity contribution in [3.05, 3.63) is 21.4 Å². The van der Waals surface area contributed by atoms with E-state index < -0.39 is 0 Å². The molecule has 2 amide bonds. The van der Waals surface area contributed by atoms with E-state index in [1.54, 1.807) is 30.3 Å². The van der Waals surface area contributed by atoms with Crippen molar-refractivity contribution in [2.24, 2.45) is 5.92 Å². The summed E-state index contributed by atoms with van der Waals surface area (Å²) in [7, 11) is 3.57. The lowest BCUT2D eigenvalue weighted by atomic mass is 9.87. The number of aryl methyl sites for hydroxylation is 1. The van der Waals surface area contributed by atoms with Crippen LogP contribution in [0, 0.1) is 5.92 Å². The maximum atomic E-state index is 13.0. The van der Waals surface area contributed by atoms with Crippen molar-refractivity contribution < 1.29 is 9.59 Å². The minimum atomic E-state index is 0.0653. The standard InChI is InChI=1S/C20H31N3O2S/c1-4-5-8-22-9-11-23(12-10-22)19(24)15-6-7-17-16(13-15)14-18(26-17)20(25)21(2)3/h14-15H,4-13H2,1-3H3. The summed E-state index contributed by atoms with van der Waals surface area (Å²) in [5.41, 5.74) is 1.21. The summed E-state index contributed by atoms with van der Waals surface area (Å²) in [6.07, 6.45) is 5.10. The highest BCUT2D eigenvalue weighted by Gasteiger charge is 2.31. The quantitative estimate of drug-likeness (QED) is 0.792. The molecule has 1 saturated heterocycles. The van der Waals surface area contributed by atoms with Crippen molar-refractivity contribution in [3.8, 4) is 0 Å². The Morgan fingerprint density at radius 1 is 1.23 bits per heavy atom. The minimum absolute atomic E-state index is 0.0653. The molecule has 0 aromatic carbocycles. The Hall–Kier alpha value is -1.40. The molecule has 2 aliphatic rings. The number of hydrogen-bond acceptors (Lipinski definition) is 4. The van der Waals surface area contributed by atoms with Gasteiger partial charge in [-0.25, -0.2) is 0 Å². The molecule has 1 fully saturated rings. The summed E-state index contributed by atoms with van der Waals surface area (Å²) in [6, 6.07) is 2.02.